The fourth-order valence-corrected chi connectivity index (χ4v) is 7.98. The molecule has 442 valence electrons. The second-order valence-corrected chi connectivity index (χ2v) is 18.5. The maximum atomic E-state index is 12.8. The zero-order chi connectivity index (χ0) is 51.8. The molecule has 22 heteroatoms. The van der Waals surface area contributed by atoms with Crippen molar-refractivity contribution in [1.82, 2.24) is 21.3 Å². The van der Waals surface area contributed by atoms with Gasteiger partial charge in [0.05, 0.1) is 24.4 Å². The number of aliphatic imine (C=N–C) groups is 4. The van der Waals surface area contributed by atoms with Crippen LogP contribution in [0.1, 0.15) is 79.1 Å². The number of fused-ring (bicyclic) bond motifs is 8. The van der Waals surface area contributed by atoms with Crippen molar-refractivity contribution in [3.63, 3.8) is 0 Å². The molecule has 0 unspecified atom stereocenters. The minimum atomic E-state index is -0.574. The van der Waals surface area contributed by atoms with Crippen molar-refractivity contribution in [2.75, 3.05) is 52.4 Å². The van der Waals surface area contributed by atoms with Crippen LogP contribution in [-0.4, -0.2) is 156 Å². The Bertz CT molecular complexity index is 2210. The first-order valence-electron chi connectivity index (χ1n) is 24.9. The van der Waals surface area contributed by atoms with Crippen molar-refractivity contribution in [3.8, 4) is 0 Å². The molecule has 0 spiro atoms. The number of carbonyl (C=O) groups is 4. The van der Waals surface area contributed by atoms with Crippen molar-refractivity contribution in [2.24, 2.45) is 20.0 Å². The molecular formula is C56H76Cu4N8O10+2. The SMILES string of the molecule is CC1=CC2=CNCCC(O)CCNC=C3C=C(C)C=C(C=NCCC(O)CCN=CC(=C1)C2=O)C3=O.CC1=CC2=CNCCC(O)CCNC=C3C=C(C)C=C(C=NCCC(O)CCN=CC(=C1)C2=O)C3=O.O.O.[Cu+].[Cu+].[Cu].[Cu]. The minimum absolute atomic E-state index is 0. The van der Waals surface area contributed by atoms with Crippen LogP contribution in [0.25, 0.3) is 0 Å². The van der Waals surface area contributed by atoms with Gasteiger partial charge in [0, 0.05) is 181 Å². The molecule has 4 aliphatic carbocycles. The first-order valence-corrected chi connectivity index (χ1v) is 24.9. The first-order chi connectivity index (χ1) is 34.7. The molecule has 0 fully saturated rings. The first kappa shape index (κ1) is 75.3. The number of hydrogen-bond donors (Lipinski definition) is 8. The van der Waals surface area contributed by atoms with Gasteiger partial charge < -0.3 is 52.6 Å². The summed E-state index contributed by atoms with van der Waals surface area (Å²) < 4.78 is 0. The van der Waals surface area contributed by atoms with E-state index in [1.807, 2.05) is 52.0 Å². The predicted octanol–water partition coefficient (Wildman–Crippen LogP) is 2.90. The van der Waals surface area contributed by atoms with E-state index in [9.17, 15) is 39.6 Å². The maximum Gasteiger partial charge on any atom is 1.00 e. The number of allylic oxidation sites excluding steroid dienone is 20. The van der Waals surface area contributed by atoms with Crippen LogP contribution in [-0.2, 0) is 87.5 Å². The van der Waals surface area contributed by atoms with Crippen LogP contribution in [0.2, 0.25) is 0 Å². The van der Waals surface area contributed by atoms with E-state index in [2.05, 4.69) is 41.2 Å². The van der Waals surface area contributed by atoms with E-state index < -0.39 is 24.4 Å². The van der Waals surface area contributed by atoms with Gasteiger partial charge in [-0.3, -0.25) is 39.1 Å². The fourth-order valence-electron chi connectivity index (χ4n) is 7.98. The Morgan fingerprint density at radius 3 is 0.744 bits per heavy atom. The average Bonchev–Trinajstić information content (AvgIpc) is 3.34. The van der Waals surface area contributed by atoms with E-state index in [1.54, 1.807) is 74.0 Å². The summed E-state index contributed by atoms with van der Waals surface area (Å²) >= 11 is 0. The Kier molecular flexibility index (Phi) is 39.1. The van der Waals surface area contributed by atoms with Crippen LogP contribution in [0.4, 0.5) is 0 Å². The molecule has 8 bridgehead atoms. The molecule has 0 amide bonds. The summed E-state index contributed by atoms with van der Waals surface area (Å²) in [6, 6.07) is 0. The van der Waals surface area contributed by atoms with Gasteiger partial charge in [0.1, 0.15) is 0 Å². The number of nitrogens with one attached hydrogen (secondary N) is 4. The van der Waals surface area contributed by atoms with Gasteiger partial charge >= 0.3 is 34.1 Å². The fraction of sp³-hybridized carbons (Fsp3) is 0.429. The molecule has 2 heterocycles. The number of nitrogens with zero attached hydrogens (tertiary/aromatic N) is 4. The average molecular weight is 1280 g/mol. The normalized spacial score (nSPS) is 23.2. The Balaban J connectivity index is 0. The zero-order valence-corrected chi connectivity index (χ0v) is 48.0. The molecular weight excluding hydrogens is 1200 g/mol. The van der Waals surface area contributed by atoms with Crippen molar-refractivity contribution < 1.29 is 119 Å². The molecule has 0 aromatic heterocycles. The molecule has 6 rings (SSSR count). The molecule has 0 saturated heterocycles. The molecule has 2 aliphatic heterocycles. The number of rotatable bonds is 0. The molecule has 0 aromatic rings. The monoisotopic (exact) mass is 1270 g/mol. The number of carbonyl (C=O) groups excluding carboxylic acids is 4. The standard InChI is InChI=1S/2C28H36N4O4.4Cu.2H2O/c2*1-19-11-21-15-29-7-3-25(33)5-9-31-17-23-13-20(2)14-24(28(23)36)18-32-10-6-26(34)4-8-30-16-22(12-19)27(21)35;;;;;;/h2*11-18,25-26,29,31,33-34H,3-10H2,1-2H3;;;;;2*1H2/q;;;;2*+1;;. The van der Waals surface area contributed by atoms with Crippen LogP contribution < -0.4 is 21.3 Å². The molecule has 78 heavy (non-hydrogen) atoms. The van der Waals surface area contributed by atoms with Gasteiger partial charge in [-0.1, -0.05) is 0 Å². The summed E-state index contributed by atoms with van der Waals surface area (Å²) in [5.74, 6) is -0.453. The van der Waals surface area contributed by atoms with Crippen LogP contribution in [0.5, 0.6) is 0 Å². The summed E-state index contributed by atoms with van der Waals surface area (Å²) in [5.41, 5.74) is 7.99. The number of hydrogen-bond acceptors (Lipinski definition) is 16. The Labute approximate surface area is 500 Å². The van der Waals surface area contributed by atoms with Crippen molar-refractivity contribution in [3.05, 3.63) is 140 Å². The number of Topliss-reactive ketones (excluding diaryl/α,β-unsaturated/α-hetero) is 4. The third kappa shape index (κ3) is 26.5. The van der Waals surface area contributed by atoms with Crippen LogP contribution in [0.3, 0.4) is 0 Å². The molecule has 0 aromatic carbocycles. The van der Waals surface area contributed by atoms with Gasteiger partial charge in [0.2, 0.25) is 0 Å². The van der Waals surface area contributed by atoms with E-state index in [1.165, 1.54) is 0 Å². The third-order valence-corrected chi connectivity index (χ3v) is 12.0. The maximum absolute atomic E-state index is 12.8. The molecule has 6 aliphatic rings. The predicted molar refractivity (Wildman–Crippen MR) is 293 cm³/mol. The number of ketones is 4. The topological polar surface area (TPSA) is 310 Å². The van der Waals surface area contributed by atoms with E-state index in [4.69, 9.17) is 0 Å². The van der Waals surface area contributed by atoms with Gasteiger partial charge in [0.25, 0.3) is 0 Å². The van der Waals surface area contributed by atoms with Crippen molar-refractivity contribution in [2.45, 2.75) is 103 Å². The zero-order valence-electron chi connectivity index (χ0n) is 44.3. The van der Waals surface area contributed by atoms with E-state index in [0.29, 0.717) is 148 Å². The molecule has 2 radical (unpaired) electrons. The number of aliphatic hydroxyl groups is 4. The van der Waals surface area contributed by atoms with Crippen molar-refractivity contribution >= 4 is 48.0 Å². The molecule has 0 atom stereocenters. The quantitative estimate of drug-likeness (QED) is 0.163. The van der Waals surface area contributed by atoms with Crippen molar-refractivity contribution in [1.29, 1.82) is 0 Å². The summed E-state index contributed by atoms with van der Waals surface area (Å²) in [5, 5.41) is 53.6. The van der Waals surface area contributed by atoms with Gasteiger partial charge in [-0.25, -0.2) is 0 Å². The summed E-state index contributed by atoms with van der Waals surface area (Å²) in [4.78, 5) is 68.4. The van der Waals surface area contributed by atoms with E-state index in [-0.39, 0.29) is 102 Å². The van der Waals surface area contributed by atoms with Crippen LogP contribution in [0.15, 0.2) is 160 Å². The Morgan fingerprint density at radius 2 is 0.538 bits per heavy atom. The molecule has 12 N–H and O–H groups in total. The second kappa shape index (κ2) is 40.5. The molecule has 0 saturated carbocycles. The number of aliphatic hydroxyl groups excluding tert-OH is 4. The van der Waals surface area contributed by atoms with Crippen LogP contribution >= 0.6 is 0 Å². The smallest absolute Gasteiger partial charge is 0.412 e. The largest absolute Gasteiger partial charge is 1.00 e. The van der Waals surface area contributed by atoms with Crippen LogP contribution in [0, 0.1) is 0 Å². The van der Waals surface area contributed by atoms with Gasteiger partial charge in [-0.15, -0.1) is 0 Å². The van der Waals surface area contributed by atoms with E-state index >= 15 is 0 Å². The minimum Gasteiger partial charge on any atom is -0.412 e. The third-order valence-electron chi connectivity index (χ3n) is 12.0. The Hall–Kier alpha value is -4.72. The van der Waals surface area contributed by atoms with Gasteiger partial charge in [-0.2, -0.15) is 0 Å². The van der Waals surface area contributed by atoms with Gasteiger partial charge in [-0.05, 0) is 150 Å². The van der Waals surface area contributed by atoms with E-state index in [0.717, 1.165) is 22.3 Å². The second-order valence-electron chi connectivity index (χ2n) is 18.5. The summed E-state index contributed by atoms with van der Waals surface area (Å²) in [7, 11) is 0. The summed E-state index contributed by atoms with van der Waals surface area (Å²) in [6.07, 6.45) is 29.2. The molecule has 18 nitrogen and oxygen atoms in total. The van der Waals surface area contributed by atoms with Gasteiger partial charge in [0.15, 0.2) is 23.1 Å². The Morgan fingerprint density at radius 1 is 0.346 bits per heavy atom. The summed E-state index contributed by atoms with van der Waals surface area (Å²) in [6.45, 7) is 11.3.